The predicted molar refractivity (Wildman–Crippen MR) is 87.8 cm³/mol. The Morgan fingerprint density at radius 3 is 2.36 bits per heavy atom. The lowest BCUT2D eigenvalue weighted by Gasteiger charge is -2.25. The van der Waals surface area contributed by atoms with Gasteiger partial charge in [0.2, 0.25) is 0 Å². The lowest BCUT2D eigenvalue weighted by atomic mass is 9.78. The average Bonchev–Trinajstić information content (AvgIpc) is 2.54. The Balaban J connectivity index is 2.39. The highest BCUT2D eigenvalue weighted by molar-refractivity contribution is 5.69. The minimum atomic E-state index is -0.604. The minimum Gasteiger partial charge on any atom is -0.493 e. The number of aldehydes is 1. The Bertz CT molecular complexity index is 663. The van der Waals surface area contributed by atoms with Crippen LogP contribution in [0.5, 0.6) is 11.5 Å². The normalized spacial score (nSPS) is 13.3. The molecule has 0 aromatic heterocycles. The first-order valence-corrected chi connectivity index (χ1v) is 7.27. The van der Waals surface area contributed by atoms with Crippen LogP contribution in [0.1, 0.15) is 23.6 Å². The number of carbonyl (C=O) groups excluding carboxylic acids is 1. The van der Waals surface area contributed by atoms with Gasteiger partial charge in [0.15, 0.2) is 11.5 Å². The van der Waals surface area contributed by atoms with Crippen LogP contribution in [0, 0.1) is 6.92 Å². The second kappa shape index (κ2) is 6.65. The lowest BCUT2D eigenvalue weighted by molar-refractivity contribution is -0.112. The minimum absolute atomic E-state index is 0.604. The molecule has 3 heteroatoms. The molecule has 0 spiro atoms. The third-order valence-electron chi connectivity index (χ3n) is 3.96. The van der Waals surface area contributed by atoms with Gasteiger partial charge in [-0.1, -0.05) is 35.9 Å². The average molecular weight is 298 g/mol. The second-order valence-electron chi connectivity index (χ2n) is 5.77. The first-order chi connectivity index (χ1) is 10.5. The summed E-state index contributed by atoms with van der Waals surface area (Å²) in [5.74, 6) is 1.30. The van der Waals surface area contributed by atoms with Gasteiger partial charge in [0.05, 0.1) is 19.6 Å². The number of methoxy groups -OCH3 is 2. The van der Waals surface area contributed by atoms with E-state index in [0.29, 0.717) is 17.9 Å². The van der Waals surface area contributed by atoms with Gasteiger partial charge in [-0.25, -0.2) is 0 Å². The largest absolute Gasteiger partial charge is 0.493 e. The number of aryl methyl sites for hydroxylation is 1. The standard InChI is InChI=1S/C19H22O3/c1-14-6-5-7-15(10-14)12-19(2,13-20)16-8-9-17(21-3)18(11-16)22-4/h5-11,13H,12H2,1-4H3. The Morgan fingerprint density at radius 2 is 1.77 bits per heavy atom. The van der Waals surface area contributed by atoms with Gasteiger partial charge < -0.3 is 14.3 Å². The molecular formula is C19H22O3. The van der Waals surface area contributed by atoms with Crippen LogP contribution in [-0.4, -0.2) is 20.5 Å². The highest BCUT2D eigenvalue weighted by Gasteiger charge is 2.27. The van der Waals surface area contributed by atoms with Gasteiger partial charge in [-0.15, -0.1) is 0 Å². The first-order valence-electron chi connectivity index (χ1n) is 7.27. The molecular weight excluding hydrogens is 276 g/mol. The van der Waals surface area contributed by atoms with Crippen molar-refractivity contribution in [1.82, 2.24) is 0 Å². The van der Waals surface area contributed by atoms with Crippen molar-refractivity contribution in [3.63, 3.8) is 0 Å². The molecule has 1 atom stereocenters. The molecule has 0 heterocycles. The molecule has 0 amide bonds. The van der Waals surface area contributed by atoms with E-state index < -0.39 is 5.41 Å². The molecule has 2 aromatic carbocycles. The van der Waals surface area contributed by atoms with Crippen LogP contribution in [0.3, 0.4) is 0 Å². The van der Waals surface area contributed by atoms with Crippen LogP contribution in [-0.2, 0) is 16.6 Å². The summed E-state index contributed by atoms with van der Waals surface area (Å²) in [5.41, 5.74) is 2.65. The van der Waals surface area contributed by atoms with E-state index in [-0.39, 0.29) is 0 Å². The fourth-order valence-electron chi connectivity index (χ4n) is 2.65. The lowest BCUT2D eigenvalue weighted by Crippen LogP contribution is -2.27. The molecule has 3 nitrogen and oxygen atoms in total. The molecule has 2 aromatic rings. The summed E-state index contributed by atoms with van der Waals surface area (Å²) in [6.07, 6.45) is 1.66. The van der Waals surface area contributed by atoms with Gasteiger partial charge in [0.1, 0.15) is 6.29 Å². The van der Waals surface area contributed by atoms with Crippen molar-refractivity contribution in [1.29, 1.82) is 0 Å². The molecule has 116 valence electrons. The number of ether oxygens (including phenoxy) is 2. The van der Waals surface area contributed by atoms with Crippen LogP contribution in [0.4, 0.5) is 0 Å². The quantitative estimate of drug-likeness (QED) is 0.763. The molecule has 0 radical (unpaired) electrons. The highest BCUT2D eigenvalue weighted by atomic mass is 16.5. The molecule has 0 saturated carbocycles. The summed E-state index contributed by atoms with van der Waals surface area (Å²) < 4.78 is 10.6. The first kappa shape index (κ1) is 16.1. The summed E-state index contributed by atoms with van der Waals surface area (Å²) >= 11 is 0. The van der Waals surface area contributed by atoms with Gasteiger partial charge in [0, 0.05) is 0 Å². The van der Waals surface area contributed by atoms with Crippen LogP contribution in [0.25, 0.3) is 0 Å². The van der Waals surface area contributed by atoms with Crippen molar-refractivity contribution >= 4 is 6.29 Å². The second-order valence-corrected chi connectivity index (χ2v) is 5.77. The maximum Gasteiger partial charge on any atom is 0.161 e. The van der Waals surface area contributed by atoms with E-state index in [9.17, 15) is 4.79 Å². The third-order valence-corrected chi connectivity index (χ3v) is 3.96. The van der Waals surface area contributed by atoms with Gasteiger partial charge in [-0.2, -0.15) is 0 Å². The number of carbonyl (C=O) groups is 1. The van der Waals surface area contributed by atoms with Crippen molar-refractivity contribution in [2.24, 2.45) is 0 Å². The zero-order valence-corrected chi connectivity index (χ0v) is 13.6. The van der Waals surface area contributed by atoms with Gasteiger partial charge >= 0.3 is 0 Å². The van der Waals surface area contributed by atoms with Crippen molar-refractivity contribution in [2.45, 2.75) is 25.7 Å². The van der Waals surface area contributed by atoms with Crippen LogP contribution < -0.4 is 9.47 Å². The molecule has 0 saturated heterocycles. The van der Waals surface area contributed by atoms with Crippen LogP contribution >= 0.6 is 0 Å². The molecule has 0 N–H and O–H groups in total. The Morgan fingerprint density at radius 1 is 1.05 bits per heavy atom. The maximum absolute atomic E-state index is 11.8. The van der Waals surface area contributed by atoms with E-state index in [1.165, 1.54) is 5.56 Å². The zero-order valence-electron chi connectivity index (χ0n) is 13.6. The van der Waals surface area contributed by atoms with E-state index >= 15 is 0 Å². The van der Waals surface area contributed by atoms with E-state index in [4.69, 9.17) is 9.47 Å². The van der Waals surface area contributed by atoms with Crippen molar-refractivity contribution in [2.75, 3.05) is 14.2 Å². The van der Waals surface area contributed by atoms with Crippen molar-refractivity contribution in [3.05, 3.63) is 59.2 Å². The summed E-state index contributed by atoms with van der Waals surface area (Å²) in [6.45, 7) is 4.00. The number of hydrogen-bond donors (Lipinski definition) is 0. The molecule has 0 aliphatic rings. The van der Waals surface area contributed by atoms with Gasteiger partial charge in [-0.05, 0) is 43.5 Å². The Labute approximate surface area is 131 Å². The van der Waals surface area contributed by atoms with E-state index in [1.54, 1.807) is 14.2 Å². The monoisotopic (exact) mass is 298 g/mol. The van der Waals surface area contributed by atoms with Crippen LogP contribution in [0.15, 0.2) is 42.5 Å². The topological polar surface area (TPSA) is 35.5 Å². The SMILES string of the molecule is COc1ccc(C(C)(C=O)Cc2cccc(C)c2)cc1OC. The maximum atomic E-state index is 11.8. The summed E-state index contributed by atoms with van der Waals surface area (Å²) in [4.78, 5) is 11.8. The fourth-order valence-corrected chi connectivity index (χ4v) is 2.65. The van der Waals surface area contributed by atoms with E-state index in [1.807, 2.05) is 31.2 Å². The molecule has 2 rings (SSSR count). The number of hydrogen-bond acceptors (Lipinski definition) is 3. The molecule has 0 bridgehead atoms. The Hall–Kier alpha value is -2.29. The van der Waals surface area contributed by atoms with E-state index in [0.717, 1.165) is 17.4 Å². The molecule has 1 unspecified atom stereocenters. The molecule has 0 aliphatic carbocycles. The molecule has 22 heavy (non-hydrogen) atoms. The smallest absolute Gasteiger partial charge is 0.161 e. The molecule has 0 aliphatic heterocycles. The number of benzene rings is 2. The Kier molecular flexibility index (Phi) is 4.86. The van der Waals surface area contributed by atoms with Gasteiger partial charge in [0.25, 0.3) is 0 Å². The van der Waals surface area contributed by atoms with Crippen molar-refractivity contribution < 1.29 is 14.3 Å². The summed E-state index contributed by atoms with van der Waals surface area (Å²) in [6, 6.07) is 13.9. The van der Waals surface area contributed by atoms with Crippen molar-refractivity contribution in [3.8, 4) is 11.5 Å². The zero-order chi connectivity index (χ0) is 16.2. The predicted octanol–water partition coefficient (Wildman–Crippen LogP) is 3.71. The third kappa shape index (κ3) is 3.30. The number of rotatable bonds is 6. The molecule has 0 fully saturated rings. The summed E-state index contributed by atoms with van der Waals surface area (Å²) in [5, 5.41) is 0. The van der Waals surface area contributed by atoms with Gasteiger partial charge in [-0.3, -0.25) is 0 Å². The summed E-state index contributed by atoms with van der Waals surface area (Å²) in [7, 11) is 3.20. The van der Waals surface area contributed by atoms with E-state index in [2.05, 4.69) is 25.1 Å². The fraction of sp³-hybridized carbons (Fsp3) is 0.316. The van der Waals surface area contributed by atoms with Crippen LogP contribution in [0.2, 0.25) is 0 Å². The highest BCUT2D eigenvalue weighted by Crippen LogP contribution is 2.34.